The molecule has 1 aromatic heterocycles. The van der Waals surface area contributed by atoms with Gasteiger partial charge in [0.1, 0.15) is 5.82 Å². The quantitative estimate of drug-likeness (QED) is 0.318. The Morgan fingerprint density at radius 3 is 2.56 bits per heavy atom. The van der Waals surface area contributed by atoms with E-state index in [1.54, 1.807) is 0 Å². The summed E-state index contributed by atoms with van der Waals surface area (Å²) in [6.07, 6.45) is 0.870. The summed E-state index contributed by atoms with van der Waals surface area (Å²) in [5.74, 6) is -1.77. The molecule has 0 bridgehead atoms. The van der Waals surface area contributed by atoms with Gasteiger partial charge in [0, 0.05) is 18.1 Å². The predicted octanol–water partition coefficient (Wildman–Crippen LogP) is 1.86. The van der Waals surface area contributed by atoms with Gasteiger partial charge in [-0.15, -0.1) is 0 Å². The molecule has 5 N–H and O–H groups in total. The molecule has 1 amide bonds. The highest BCUT2D eigenvalue weighted by Crippen LogP contribution is 2.41. The van der Waals surface area contributed by atoms with Gasteiger partial charge in [-0.25, -0.2) is 4.98 Å². The number of aromatic nitrogens is 2. The minimum Gasteiger partial charge on any atom is -0.504 e. The number of aromatic hydroxyl groups is 3. The number of amides is 1. The molecule has 0 saturated carbocycles. The zero-order valence-corrected chi connectivity index (χ0v) is 14.2. The molecule has 0 fully saturated rings. The zero-order chi connectivity index (χ0) is 18.1. The van der Waals surface area contributed by atoms with Crippen LogP contribution in [0, 0.1) is 0 Å². The molecule has 0 saturated heterocycles. The molecule has 1 aromatic carbocycles. The van der Waals surface area contributed by atoms with E-state index in [1.165, 1.54) is 23.9 Å². The van der Waals surface area contributed by atoms with Crippen molar-refractivity contribution in [1.82, 2.24) is 9.97 Å². The first kappa shape index (κ1) is 17.2. The van der Waals surface area contributed by atoms with Gasteiger partial charge >= 0.3 is 0 Å². The SMILES string of the molecule is CCCSc1nc2c(c(=O)[nH]1)C(c1cc(O)c(O)c(O)c1)CC(=O)N2. The first-order chi connectivity index (χ1) is 11.9. The largest absolute Gasteiger partial charge is 0.504 e. The summed E-state index contributed by atoms with van der Waals surface area (Å²) >= 11 is 1.38. The van der Waals surface area contributed by atoms with Crippen molar-refractivity contribution in [2.75, 3.05) is 11.1 Å². The second kappa shape index (κ2) is 6.67. The predicted molar refractivity (Wildman–Crippen MR) is 92.4 cm³/mol. The van der Waals surface area contributed by atoms with Crippen molar-refractivity contribution in [1.29, 1.82) is 0 Å². The van der Waals surface area contributed by atoms with E-state index in [4.69, 9.17) is 0 Å². The minimum absolute atomic E-state index is 0.0388. The maximum absolute atomic E-state index is 12.5. The van der Waals surface area contributed by atoms with Crippen LogP contribution in [0.3, 0.4) is 0 Å². The van der Waals surface area contributed by atoms with Crippen molar-refractivity contribution in [3.8, 4) is 17.2 Å². The molecule has 0 spiro atoms. The highest BCUT2D eigenvalue weighted by molar-refractivity contribution is 7.99. The number of nitrogens with one attached hydrogen (secondary N) is 2. The van der Waals surface area contributed by atoms with Crippen LogP contribution in [0.2, 0.25) is 0 Å². The topological polar surface area (TPSA) is 136 Å². The summed E-state index contributed by atoms with van der Waals surface area (Å²) in [7, 11) is 0. The third kappa shape index (κ3) is 3.27. The van der Waals surface area contributed by atoms with E-state index in [9.17, 15) is 24.9 Å². The second-order valence-electron chi connectivity index (χ2n) is 5.69. The standard InChI is InChI=1S/C16H17N3O5S/c1-2-3-25-16-18-14-12(15(24)19-16)8(6-11(22)17-14)7-4-9(20)13(23)10(21)5-7/h4-5,8,20-21,23H,2-3,6H2,1H3,(H2,17,18,19,22,24). The highest BCUT2D eigenvalue weighted by atomic mass is 32.2. The molecule has 9 heteroatoms. The molecule has 1 atom stereocenters. The van der Waals surface area contributed by atoms with Crippen LogP contribution >= 0.6 is 11.8 Å². The number of hydrogen-bond acceptors (Lipinski definition) is 7. The van der Waals surface area contributed by atoms with Crippen molar-refractivity contribution < 1.29 is 20.1 Å². The van der Waals surface area contributed by atoms with E-state index in [2.05, 4.69) is 15.3 Å². The van der Waals surface area contributed by atoms with Crippen LogP contribution in [0.5, 0.6) is 17.2 Å². The first-order valence-electron chi connectivity index (χ1n) is 7.72. The van der Waals surface area contributed by atoms with E-state index >= 15 is 0 Å². The third-order valence-electron chi connectivity index (χ3n) is 3.87. The molecule has 1 unspecified atom stereocenters. The van der Waals surface area contributed by atoms with Gasteiger partial charge in [-0.2, -0.15) is 0 Å². The van der Waals surface area contributed by atoms with E-state index < -0.39 is 23.2 Å². The lowest BCUT2D eigenvalue weighted by molar-refractivity contribution is -0.116. The number of hydrogen-bond donors (Lipinski definition) is 5. The lowest BCUT2D eigenvalue weighted by atomic mass is 9.86. The van der Waals surface area contributed by atoms with Crippen LogP contribution < -0.4 is 10.9 Å². The maximum atomic E-state index is 12.5. The van der Waals surface area contributed by atoms with Crippen LogP contribution in [0.4, 0.5) is 5.82 Å². The van der Waals surface area contributed by atoms with Crippen molar-refractivity contribution >= 4 is 23.5 Å². The Hall–Kier alpha value is -2.68. The molecule has 1 aliphatic heterocycles. The molecule has 132 valence electrons. The Morgan fingerprint density at radius 2 is 1.92 bits per heavy atom. The number of nitrogens with zero attached hydrogens (tertiary/aromatic N) is 1. The summed E-state index contributed by atoms with van der Waals surface area (Å²) in [4.78, 5) is 31.6. The average Bonchev–Trinajstić information content (AvgIpc) is 2.56. The molecule has 0 radical (unpaired) electrons. The second-order valence-corrected chi connectivity index (χ2v) is 6.78. The van der Waals surface area contributed by atoms with Crippen LogP contribution in [0.15, 0.2) is 22.1 Å². The van der Waals surface area contributed by atoms with E-state index in [-0.39, 0.29) is 29.3 Å². The lowest BCUT2D eigenvalue weighted by Crippen LogP contribution is -2.31. The number of aromatic amines is 1. The van der Waals surface area contributed by atoms with Gasteiger partial charge in [0.05, 0.1) is 5.56 Å². The summed E-state index contributed by atoms with van der Waals surface area (Å²) in [5, 5.41) is 31.9. The Morgan fingerprint density at radius 1 is 1.24 bits per heavy atom. The van der Waals surface area contributed by atoms with E-state index in [1.807, 2.05) is 6.92 Å². The van der Waals surface area contributed by atoms with Crippen LogP contribution in [-0.2, 0) is 4.79 Å². The molecular formula is C16H17N3O5S. The Bertz CT molecular complexity index is 873. The number of thioether (sulfide) groups is 1. The Labute approximate surface area is 146 Å². The molecule has 3 rings (SSSR count). The Kier molecular flexibility index (Phi) is 4.58. The third-order valence-corrected chi connectivity index (χ3v) is 4.95. The molecule has 2 heterocycles. The fourth-order valence-corrected chi connectivity index (χ4v) is 3.45. The summed E-state index contributed by atoms with van der Waals surface area (Å²) < 4.78 is 0. The fraction of sp³-hybridized carbons (Fsp3) is 0.312. The number of fused-ring (bicyclic) bond motifs is 1. The van der Waals surface area contributed by atoms with Gasteiger partial charge in [-0.05, 0) is 24.1 Å². The van der Waals surface area contributed by atoms with Crippen molar-refractivity contribution in [2.45, 2.75) is 30.8 Å². The van der Waals surface area contributed by atoms with Gasteiger partial charge in [-0.3, -0.25) is 9.59 Å². The number of carbonyl (C=O) groups is 1. The van der Waals surface area contributed by atoms with Gasteiger partial charge in [0.25, 0.3) is 5.56 Å². The molecule has 1 aliphatic rings. The lowest BCUT2D eigenvalue weighted by Gasteiger charge is -2.24. The minimum atomic E-state index is -0.692. The number of anilines is 1. The normalized spacial score (nSPS) is 16.4. The summed E-state index contributed by atoms with van der Waals surface area (Å²) in [5.41, 5.74) is 0.204. The van der Waals surface area contributed by atoms with Crippen molar-refractivity contribution in [2.24, 2.45) is 0 Å². The van der Waals surface area contributed by atoms with E-state index in [0.717, 1.165) is 12.2 Å². The summed E-state index contributed by atoms with van der Waals surface area (Å²) in [6.45, 7) is 2.01. The molecule has 2 aromatic rings. The summed E-state index contributed by atoms with van der Waals surface area (Å²) in [6, 6.07) is 2.45. The van der Waals surface area contributed by atoms with Crippen LogP contribution in [0.25, 0.3) is 0 Å². The maximum Gasteiger partial charge on any atom is 0.257 e. The zero-order valence-electron chi connectivity index (χ0n) is 13.4. The van der Waals surface area contributed by atoms with Gasteiger partial charge in [-0.1, -0.05) is 18.7 Å². The Balaban J connectivity index is 2.10. The smallest absolute Gasteiger partial charge is 0.257 e. The number of H-pyrrole nitrogens is 1. The van der Waals surface area contributed by atoms with E-state index in [0.29, 0.717) is 10.7 Å². The highest BCUT2D eigenvalue weighted by Gasteiger charge is 2.32. The first-order valence-corrected chi connectivity index (χ1v) is 8.71. The van der Waals surface area contributed by atoms with Crippen molar-refractivity contribution in [3.05, 3.63) is 33.6 Å². The molecular weight excluding hydrogens is 346 g/mol. The van der Waals surface area contributed by atoms with Crippen LogP contribution in [0.1, 0.15) is 36.8 Å². The average molecular weight is 363 g/mol. The number of phenols is 3. The fourth-order valence-electron chi connectivity index (χ4n) is 2.73. The number of phenolic OH excluding ortho intramolecular Hbond substituents is 3. The number of rotatable bonds is 4. The number of carbonyl (C=O) groups excluding carboxylic acids is 1. The molecule has 0 aliphatic carbocycles. The van der Waals surface area contributed by atoms with Crippen molar-refractivity contribution in [3.63, 3.8) is 0 Å². The monoisotopic (exact) mass is 363 g/mol. The van der Waals surface area contributed by atoms with Gasteiger partial charge in [0.2, 0.25) is 5.91 Å². The molecule has 25 heavy (non-hydrogen) atoms. The van der Waals surface area contributed by atoms with Gasteiger partial charge < -0.3 is 25.6 Å². The van der Waals surface area contributed by atoms with Crippen LogP contribution in [-0.4, -0.2) is 36.9 Å². The number of benzene rings is 1. The molecule has 8 nitrogen and oxygen atoms in total. The van der Waals surface area contributed by atoms with Gasteiger partial charge in [0.15, 0.2) is 22.4 Å².